The van der Waals surface area contributed by atoms with E-state index in [1.54, 1.807) is 11.3 Å². The molecule has 3 rings (SSSR count). The van der Waals surface area contributed by atoms with Crippen LogP contribution in [0.3, 0.4) is 0 Å². The maximum absolute atomic E-state index is 12.6. The molecule has 0 radical (unpaired) electrons. The van der Waals surface area contributed by atoms with Crippen LogP contribution in [0.2, 0.25) is 0 Å². The number of likely N-dealkylation sites (N-methyl/N-ethyl adjacent to an activating group) is 1. The predicted molar refractivity (Wildman–Crippen MR) is 114 cm³/mol. The summed E-state index contributed by atoms with van der Waals surface area (Å²) in [6.45, 7) is 4.17. The SMILES string of the molecule is Cc1csc(CCCNC(=O)[C@@H]2CC[C@H](NC(=O)c3cccs3)CN(C)C2)n1. The first-order valence-electron chi connectivity index (χ1n) is 9.73. The molecule has 0 spiro atoms. The number of nitrogens with one attached hydrogen (secondary N) is 2. The summed E-state index contributed by atoms with van der Waals surface area (Å²) in [7, 11) is 2.01. The Kier molecular flexibility index (Phi) is 7.58. The molecule has 6 nitrogen and oxygen atoms in total. The summed E-state index contributed by atoms with van der Waals surface area (Å²) in [4.78, 5) is 32.2. The third-order valence-electron chi connectivity index (χ3n) is 4.91. The summed E-state index contributed by atoms with van der Waals surface area (Å²) in [6.07, 6.45) is 3.41. The molecule has 0 bridgehead atoms. The van der Waals surface area contributed by atoms with Crippen molar-refractivity contribution < 1.29 is 9.59 Å². The van der Waals surface area contributed by atoms with Crippen molar-refractivity contribution in [1.82, 2.24) is 20.5 Å². The number of hydrogen-bond acceptors (Lipinski definition) is 6. The number of aromatic nitrogens is 1. The lowest BCUT2D eigenvalue weighted by Gasteiger charge is -2.21. The molecule has 3 heterocycles. The fourth-order valence-electron chi connectivity index (χ4n) is 3.52. The predicted octanol–water partition coefficient (Wildman–Crippen LogP) is 2.70. The van der Waals surface area contributed by atoms with Crippen LogP contribution < -0.4 is 10.6 Å². The lowest BCUT2D eigenvalue weighted by atomic mass is 10.0. The normalized spacial score (nSPS) is 20.5. The number of amides is 2. The summed E-state index contributed by atoms with van der Waals surface area (Å²) < 4.78 is 0. The minimum Gasteiger partial charge on any atom is -0.356 e. The van der Waals surface area contributed by atoms with Gasteiger partial charge in [-0.05, 0) is 44.7 Å². The first-order valence-corrected chi connectivity index (χ1v) is 11.5. The second-order valence-electron chi connectivity index (χ2n) is 7.42. The average Bonchev–Trinajstić information content (AvgIpc) is 3.30. The van der Waals surface area contributed by atoms with Gasteiger partial charge < -0.3 is 15.5 Å². The van der Waals surface area contributed by atoms with Gasteiger partial charge in [-0.1, -0.05) is 6.07 Å². The molecule has 0 aromatic carbocycles. The van der Waals surface area contributed by atoms with Gasteiger partial charge in [0, 0.05) is 43.2 Å². The Labute approximate surface area is 174 Å². The molecule has 2 aromatic heterocycles. The smallest absolute Gasteiger partial charge is 0.261 e. The fourth-order valence-corrected chi connectivity index (χ4v) is 4.97. The molecule has 2 amide bonds. The number of likely N-dealkylation sites (tertiary alicyclic amines) is 1. The highest BCUT2D eigenvalue weighted by Gasteiger charge is 2.27. The summed E-state index contributed by atoms with van der Waals surface area (Å²) in [5.41, 5.74) is 1.06. The standard InChI is InChI=1S/C20H28N4O2S2/c1-14-13-28-18(22-14)6-3-9-21-19(25)15-7-8-16(12-24(2)11-15)23-20(26)17-5-4-10-27-17/h4-5,10,13,15-16H,3,6-9,11-12H2,1-2H3,(H,21,25)(H,23,26)/t15-,16+/m1/s1. The number of rotatable bonds is 7. The topological polar surface area (TPSA) is 74.3 Å². The minimum atomic E-state index is -0.0317. The molecule has 0 aliphatic carbocycles. The summed E-state index contributed by atoms with van der Waals surface area (Å²) in [5.74, 6) is 0.0666. The van der Waals surface area contributed by atoms with Crippen molar-refractivity contribution in [3.8, 4) is 0 Å². The van der Waals surface area contributed by atoms with E-state index in [1.807, 2.05) is 31.5 Å². The van der Waals surface area contributed by atoms with E-state index in [0.717, 1.165) is 54.4 Å². The maximum Gasteiger partial charge on any atom is 0.261 e. The van der Waals surface area contributed by atoms with E-state index in [0.29, 0.717) is 6.54 Å². The van der Waals surface area contributed by atoms with E-state index in [1.165, 1.54) is 11.3 Å². The molecular formula is C20H28N4O2S2. The van der Waals surface area contributed by atoms with Crippen LogP contribution in [0.5, 0.6) is 0 Å². The summed E-state index contributed by atoms with van der Waals surface area (Å²) in [5, 5.41) is 11.3. The lowest BCUT2D eigenvalue weighted by molar-refractivity contribution is -0.125. The van der Waals surface area contributed by atoms with Crippen LogP contribution in [0.25, 0.3) is 0 Å². The third-order valence-corrected chi connectivity index (χ3v) is 6.81. The highest BCUT2D eigenvalue weighted by Crippen LogP contribution is 2.18. The van der Waals surface area contributed by atoms with Gasteiger partial charge in [-0.2, -0.15) is 0 Å². The van der Waals surface area contributed by atoms with Crippen LogP contribution in [0.4, 0.5) is 0 Å². The Bertz CT molecular complexity index is 775. The Hall–Kier alpha value is -1.77. The Balaban J connectivity index is 1.41. The maximum atomic E-state index is 12.6. The monoisotopic (exact) mass is 420 g/mol. The molecule has 1 fully saturated rings. The number of thiophene rings is 1. The summed E-state index contributed by atoms with van der Waals surface area (Å²) >= 11 is 3.13. The van der Waals surface area contributed by atoms with Gasteiger partial charge in [-0.25, -0.2) is 4.98 Å². The molecule has 0 saturated carbocycles. The number of aryl methyl sites for hydroxylation is 2. The zero-order valence-electron chi connectivity index (χ0n) is 16.4. The molecule has 2 N–H and O–H groups in total. The summed E-state index contributed by atoms with van der Waals surface area (Å²) in [6, 6.07) is 3.80. The molecule has 8 heteroatoms. The zero-order valence-corrected chi connectivity index (χ0v) is 18.1. The molecule has 1 aliphatic heterocycles. The van der Waals surface area contributed by atoms with Crippen molar-refractivity contribution in [2.45, 2.75) is 38.6 Å². The van der Waals surface area contributed by atoms with Crippen molar-refractivity contribution in [3.63, 3.8) is 0 Å². The van der Waals surface area contributed by atoms with Crippen molar-refractivity contribution in [2.24, 2.45) is 5.92 Å². The molecule has 28 heavy (non-hydrogen) atoms. The first kappa shape index (κ1) is 21.0. The number of carbonyl (C=O) groups is 2. The van der Waals surface area contributed by atoms with Crippen LogP contribution in [0.15, 0.2) is 22.9 Å². The van der Waals surface area contributed by atoms with Gasteiger partial charge in [0.1, 0.15) is 0 Å². The van der Waals surface area contributed by atoms with Crippen LogP contribution in [-0.4, -0.2) is 54.4 Å². The van der Waals surface area contributed by atoms with E-state index < -0.39 is 0 Å². The molecule has 1 aliphatic rings. The lowest BCUT2D eigenvalue weighted by Crippen LogP contribution is -2.41. The first-order chi connectivity index (χ1) is 13.5. The highest BCUT2D eigenvalue weighted by molar-refractivity contribution is 7.12. The third kappa shape index (κ3) is 6.12. The van der Waals surface area contributed by atoms with Gasteiger partial charge in [0.15, 0.2) is 0 Å². The molecule has 0 unspecified atom stereocenters. The van der Waals surface area contributed by atoms with Gasteiger partial charge >= 0.3 is 0 Å². The van der Waals surface area contributed by atoms with Gasteiger partial charge in [0.2, 0.25) is 5.91 Å². The van der Waals surface area contributed by atoms with E-state index in [4.69, 9.17) is 0 Å². The minimum absolute atomic E-state index is 0.0197. The number of carbonyl (C=O) groups excluding carboxylic acids is 2. The van der Waals surface area contributed by atoms with Gasteiger partial charge in [0.05, 0.1) is 15.8 Å². The zero-order chi connectivity index (χ0) is 19.9. The van der Waals surface area contributed by atoms with E-state index >= 15 is 0 Å². The average molecular weight is 421 g/mol. The van der Waals surface area contributed by atoms with E-state index in [2.05, 4.69) is 25.9 Å². The second kappa shape index (κ2) is 10.1. The van der Waals surface area contributed by atoms with Gasteiger partial charge in [-0.3, -0.25) is 9.59 Å². The van der Waals surface area contributed by atoms with Crippen LogP contribution in [-0.2, 0) is 11.2 Å². The molecular weight excluding hydrogens is 392 g/mol. The number of hydrogen-bond donors (Lipinski definition) is 2. The van der Waals surface area contributed by atoms with Crippen LogP contribution in [0, 0.1) is 12.8 Å². The quantitative estimate of drug-likeness (QED) is 0.676. The molecule has 1 saturated heterocycles. The molecule has 2 aromatic rings. The van der Waals surface area contributed by atoms with Gasteiger partial charge in [-0.15, -0.1) is 22.7 Å². The van der Waals surface area contributed by atoms with Crippen molar-refractivity contribution in [3.05, 3.63) is 38.5 Å². The van der Waals surface area contributed by atoms with E-state index in [9.17, 15) is 9.59 Å². The Morgan fingerprint density at radius 3 is 2.86 bits per heavy atom. The van der Waals surface area contributed by atoms with Crippen molar-refractivity contribution in [1.29, 1.82) is 0 Å². The Morgan fingerprint density at radius 1 is 1.29 bits per heavy atom. The fraction of sp³-hybridized carbons (Fsp3) is 0.550. The second-order valence-corrected chi connectivity index (χ2v) is 9.31. The molecule has 152 valence electrons. The number of thiazole rings is 1. The van der Waals surface area contributed by atoms with Crippen LogP contribution >= 0.6 is 22.7 Å². The Morgan fingerprint density at radius 2 is 2.14 bits per heavy atom. The number of nitrogens with zero attached hydrogens (tertiary/aromatic N) is 2. The van der Waals surface area contributed by atoms with Crippen molar-refractivity contribution >= 4 is 34.5 Å². The molecule has 2 atom stereocenters. The van der Waals surface area contributed by atoms with Gasteiger partial charge in [0.25, 0.3) is 5.91 Å². The largest absolute Gasteiger partial charge is 0.356 e. The highest BCUT2D eigenvalue weighted by atomic mass is 32.1. The van der Waals surface area contributed by atoms with E-state index in [-0.39, 0.29) is 23.8 Å². The van der Waals surface area contributed by atoms with Crippen LogP contribution in [0.1, 0.15) is 39.6 Å². The van der Waals surface area contributed by atoms with Crippen molar-refractivity contribution in [2.75, 3.05) is 26.7 Å².